The van der Waals surface area contributed by atoms with Crippen molar-refractivity contribution < 1.29 is 58.7 Å². The summed E-state index contributed by atoms with van der Waals surface area (Å²) in [4.78, 5) is 25.3. The van der Waals surface area contributed by atoms with E-state index in [4.69, 9.17) is 14.6 Å². The lowest BCUT2D eigenvalue weighted by Gasteiger charge is -2.37. The summed E-state index contributed by atoms with van der Waals surface area (Å²) in [5, 5.41) is 9.12. The third kappa shape index (κ3) is 10.2. The minimum Gasteiger partial charge on any atom is -0.463 e. The van der Waals surface area contributed by atoms with Crippen molar-refractivity contribution in [3.05, 3.63) is 29.8 Å². The van der Waals surface area contributed by atoms with Crippen molar-refractivity contribution in [2.75, 3.05) is 19.6 Å². The Morgan fingerprint density at radius 2 is 1.61 bits per heavy atom. The molecule has 41 heavy (non-hydrogen) atoms. The van der Waals surface area contributed by atoms with Gasteiger partial charge in [0.05, 0.1) is 22.3 Å². The van der Waals surface area contributed by atoms with Gasteiger partial charge in [-0.1, -0.05) is 30.1 Å². The van der Waals surface area contributed by atoms with Gasteiger partial charge in [0.15, 0.2) is 6.35 Å². The highest BCUT2D eigenvalue weighted by Gasteiger charge is 2.49. The molecule has 0 saturated heterocycles. The first kappa shape index (κ1) is 37.3. The third-order valence-electron chi connectivity index (χ3n) is 6.30. The fourth-order valence-corrected chi connectivity index (χ4v) is 7.41. The summed E-state index contributed by atoms with van der Waals surface area (Å²) in [6.07, 6.45) is -0.244. The fourth-order valence-electron chi connectivity index (χ4n) is 4.06. The number of rotatable bonds is 15. The Labute approximate surface area is 245 Å². The quantitative estimate of drug-likeness (QED) is 0.205. The second-order valence-electron chi connectivity index (χ2n) is 9.69. The molecule has 0 aliphatic heterocycles. The van der Waals surface area contributed by atoms with Gasteiger partial charge in [-0.2, -0.15) is 13.2 Å². The first-order chi connectivity index (χ1) is 18.7. The van der Waals surface area contributed by atoms with E-state index in [-0.39, 0.29) is 25.9 Å². The summed E-state index contributed by atoms with van der Waals surface area (Å²) in [6.45, 7) is 3.69. The lowest BCUT2D eigenvalue weighted by Crippen LogP contribution is -2.41. The number of aliphatic hydroxyl groups excluding tert-OH is 1. The monoisotopic (exact) mass is 685 g/mol. The maximum Gasteiger partial charge on any atom is 0.512 e. The number of benzene rings is 1. The largest absolute Gasteiger partial charge is 0.512 e. The summed E-state index contributed by atoms with van der Waals surface area (Å²) < 4.78 is 107. The van der Waals surface area contributed by atoms with E-state index in [0.717, 1.165) is 12.1 Å². The molecule has 0 aliphatic rings. The summed E-state index contributed by atoms with van der Waals surface area (Å²) in [5.41, 5.74) is -8.00. The van der Waals surface area contributed by atoms with Gasteiger partial charge in [-0.3, -0.25) is 14.2 Å². The van der Waals surface area contributed by atoms with Crippen molar-refractivity contribution in [3.8, 4) is 0 Å². The predicted molar refractivity (Wildman–Crippen MR) is 147 cm³/mol. The molecular weight excluding hydrogens is 654 g/mol. The molecule has 2 N–H and O–H groups in total. The Morgan fingerprint density at radius 1 is 1.07 bits per heavy atom. The smallest absolute Gasteiger partial charge is 0.463 e. The topological polar surface area (TPSA) is 170 Å². The molecule has 1 aromatic carbocycles. The zero-order valence-electron chi connectivity index (χ0n) is 22.5. The standard InChI is InChI=1S/C22H31F3NO10PS4/c1-5-20(3,18(28)36-14-37(30)39-38)13-21(4,19(29)35-11-10-27)12-15(2)16-6-8-17(9-7-16)40(31,32)26-41(33,34)22(23,24)25/h6-9,15,26-27H,5,10-14H2,1-4H3. The third-order valence-corrected chi connectivity index (χ3v) is 12.4. The molecule has 0 fully saturated rings. The molecule has 11 nitrogen and oxygen atoms in total. The normalized spacial score (nSPS) is 16.5. The maximum atomic E-state index is 13.1. The number of esters is 2. The van der Waals surface area contributed by atoms with E-state index in [1.165, 1.54) is 19.1 Å². The van der Waals surface area contributed by atoms with Crippen LogP contribution in [-0.4, -0.2) is 59.0 Å². The number of ether oxygens (including phenoxy) is 2. The molecule has 0 radical (unpaired) electrons. The van der Waals surface area contributed by atoms with E-state index in [1.807, 2.05) is 0 Å². The highest BCUT2D eigenvalue weighted by molar-refractivity contribution is 8.32. The van der Waals surface area contributed by atoms with Gasteiger partial charge in [0.2, 0.25) is 6.58 Å². The zero-order chi connectivity index (χ0) is 31.9. The van der Waals surface area contributed by atoms with E-state index < -0.39 is 78.7 Å². The summed E-state index contributed by atoms with van der Waals surface area (Å²) in [6, 6.07) is 4.31. The van der Waals surface area contributed by atoms with E-state index in [0.29, 0.717) is 19.2 Å². The van der Waals surface area contributed by atoms with Gasteiger partial charge in [-0.05, 0) is 77.4 Å². The number of hydrogen-bond donors (Lipinski definition) is 2. The van der Waals surface area contributed by atoms with Crippen LogP contribution in [0.3, 0.4) is 0 Å². The van der Waals surface area contributed by atoms with Gasteiger partial charge in [0, 0.05) is 0 Å². The Balaban J connectivity index is 3.31. The number of halogens is 3. The van der Waals surface area contributed by atoms with Gasteiger partial charge >= 0.3 is 27.5 Å². The highest BCUT2D eigenvalue weighted by Crippen LogP contribution is 2.44. The van der Waals surface area contributed by atoms with Crippen LogP contribution in [0.5, 0.6) is 0 Å². The van der Waals surface area contributed by atoms with Gasteiger partial charge in [-0.15, -0.1) is 0 Å². The van der Waals surface area contributed by atoms with Crippen LogP contribution in [0.25, 0.3) is 0 Å². The Hall–Kier alpha value is -1.69. The van der Waals surface area contributed by atoms with Gasteiger partial charge in [-0.25, -0.2) is 16.8 Å². The minimum atomic E-state index is -6.18. The molecule has 0 aromatic heterocycles. The van der Waals surface area contributed by atoms with Crippen LogP contribution in [0.15, 0.2) is 29.2 Å². The molecule has 0 aliphatic carbocycles. The van der Waals surface area contributed by atoms with E-state index >= 15 is 0 Å². The molecule has 4 unspecified atom stereocenters. The number of carbonyl (C=O) groups excluding carboxylic acids is 2. The molecule has 4 atom stereocenters. The fraction of sp³-hybridized carbons (Fsp3) is 0.636. The van der Waals surface area contributed by atoms with Crippen molar-refractivity contribution in [2.24, 2.45) is 10.8 Å². The molecule has 234 valence electrons. The van der Waals surface area contributed by atoms with Crippen LogP contribution in [-0.2, 0) is 64.4 Å². The van der Waals surface area contributed by atoms with Crippen LogP contribution < -0.4 is 4.13 Å². The second kappa shape index (κ2) is 14.7. The summed E-state index contributed by atoms with van der Waals surface area (Å²) in [5.74, 6) is -1.97. The maximum absolute atomic E-state index is 13.1. The zero-order valence-corrected chi connectivity index (χ0v) is 26.6. The van der Waals surface area contributed by atoms with Crippen molar-refractivity contribution in [1.29, 1.82) is 0 Å². The lowest BCUT2D eigenvalue weighted by molar-refractivity contribution is -0.164. The van der Waals surface area contributed by atoms with E-state index in [9.17, 15) is 44.2 Å². The molecule has 1 aromatic rings. The highest BCUT2D eigenvalue weighted by atomic mass is 32.9. The minimum absolute atomic E-state index is 0.0310. The van der Waals surface area contributed by atoms with Crippen LogP contribution in [0.1, 0.15) is 58.4 Å². The van der Waals surface area contributed by atoms with Crippen molar-refractivity contribution in [1.82, 2.24) is 4.13 Å². The average Bonchev–Trinajstić information content (AvgIpc) is 2.88. The number of carbonyl (C=O) groups is 2. The number of alkyl halides is 3. The Bertz CT molecular complexity index is 1420. The first-order valence-electron chi connectivity index (χ1n) is 11.8. The van der Waals surface area contributed by atoms with Crippen LogP contribution in [0, 0.1) is 10.8 Å². The lowest BCUT2D eigenvalue weighted by atomic mass is 9.67. The second-order valence-corrected chi connectivity index (χ2v) is 17.4. The molecule has 0 spiro atoms. The summed E-state index contributed by atoms with van der Waals surface area (Å²) >= 11 is 4.62. The average molecular weight is 686 g/mol. The molecular formula is C22H31F3NO10PS4. The van der Waals surface area contributed by atoms with Gasteiger partial charge < -0.3 is 14.6 Å². The van der Waals surface area contributed by atoms with E-state index in [1.54, 1.807) is 20.8 Å². The van der Waals surface area contributed by atoms with Crippen LogP contribution in [0.4, 0.5) is 13.2 Å². The van der Waals surface area contributed by atoms with Crippen molar-refractivity contribution in [3.63, 3.8) is 0 Å². The van der Waals surface area contributed by atoms with Crippen LogP contribution >= 0.6 is 6.58 Å². The first-order valence-corrected chi connectivity index (χ1v) is 18.6. The number of aliphatic hydroxyl groups is 1. The molecule has 0 bridgehead atoms. The van der Waals surface area contributed by atoms with Gasteiger partial charge in [0.1, 0.15) is 6.61 Å². The molecule has 0 saturated carbocycles. The summed E-state index contributed by atoms with van der Waals surface area (Å²) in [7, 11) is -10.6. The van der Waals surface area contributed by atoms with Crippen molar-refractivity contribution >= 4 is 59.2 Å². The molecule has 19 heteroatoms. The Morgan fingerprint density at radius 3 is 2.07 bits per heavy atom. The van der Waals surface area contributed by atoms with Gasteiger partial charge in [0.25, 0.3) is 10.0 Å². The predicted octanol–water partition coefficient (Wildman–Crippen LogP) is 3.44. The number of hydrogen-bond acceptors (Lipinski definition) is 11. The molecule has 0 amide bonds. The molecule has 0 heterocycles. The van der Waals surface area contributed by atoms with Crippen molar-refractivity contribution in [2.45, 2.75) is 63.3 Å². The Kier molecular flexibility index (Phi) is 13.4. The SMILES string of the molecule is CCC(C)(CC(C)(CC(C)c1ccc(S(=O)(=O)NS(=O)(=O)C(F)(F)F)cc1)C(=O)OCCO)C(=O)OCP(=O)=S=S. The number of nitrogens with one attached hydrogen (secondary N) is 1. The van der Waals surface area contributed by atoms with Crippen LogP contribution in [0.2, 0.25) is 0 Å². The molecule has 1 rings (SSSR count). The van der Waals surface area contributed by atoms with E-state index in [2.05, 4.69) is 11.2 Å². The number of sulfonamides is 2.